The van der Waals surface area contributed by atoms with Gasteiger partial charge in [0.1, 0.15) is 0 Å². The number of hydrogen-bond acceptors (Lipinski definition) is 2. The van der Waals surface area contributed by atoms with Crippen LogP contribution in [0, 0.1) is 17.3 Å². The van der Waals surface area contributed by atoms with E-state index >= 15 is 0 Å². The van der Waals surface area contributed by atoms with Crippen LogP contribution in [0.3, 0.4) is 0 Å². The van der Waals surface area contributed by atoms with Gasteiger partial charge in [0.25, 0.3) is 0 Å². The van der Waals surface area contributed by atoms with Gasteiger partial charge in [-0.25, -0.2) is 0 Å². The van der Waals surface area contributed by atoms with Gasteiger partial charge in [-0.05, 0) is 11.8 Å². The molecule has 4 nitrogen and oxygen atoms in total. The topological polar surface area (TPSA) is 74.6 Å². The normalized spacial score (nSPS) is 15.3. The van der Waals surface area contributed by atoms with Crippen molar-refractivity contribution in [1.82, 2.24) is 0 Å². The van der Waals surface area contributed by atoms with Crippen molar-refractivity contribution in [2.24, 2.45) is 17.3 Å². The lowest BCUT2D eigenvalue weighted by molar-refractivity contribution is -0.158. The summed E-state index contributed by atoms with van der Waals surface area (Å²) in [4.78, 5) is 22.5. The van der Waals surface area contributed by atoms with Crippen LogP contribution in [-0.2, 0) is 9.59 Å². The molecule has 0 aromatic heterocycles. The smallest absolute Gasteiger partial charge is 0.307 e. The Bertz CT molecular complexity index is 265. The van der Waals surface area contributed by atoms with Crippen molar-refractivity contribution in [3.63, 3.8) is 0 Å². The summed E-state index contributed by atoms with van der Waals surface area (Å²) in [6, 6.07) is 0. The van der Waals surface area contributed by atoms with E-state index in [1.165, 1.54) is 0 Å². The molecule has 0 bridgehead atoms. The standard InChI is InChI=1S/C13H24O4/c1-5-6-7-8-9(11(14)15)10(12(16)17)13(2,3)4/h9-10H,5-8H2,1-4H3,(H,14,15)(H,16,17)/t9-,10?/m1/s1. The molecule has 2 N–H and O–H groups in total. The molecule has 0 aliphatic rings. The van der Waals surface area contributed by atoms with Crippen LogP contribution in [0.4, 0.5) is 0 Å². The lowest BCUT2D eigenvalue weighted by Gasteiger charge is -2.31. The van der Waals surface area contributed by atoms with E-state index in [1.807, 2.05) is 6.92 Å². The molecule has 0 rings (SSSR count). The van der Waals surface area contributed by atoms with Gasteiger partial charge in [-0.15, -0.1) is 0 Å². The summed E-state index contributed by atoms with van der Waals surface area (Å²) in [6.07, 6.45) is 3.16. The Morgan fingerprint density at radius 2 is 1.59 bits per heavy atom. The minimum absolute atomic E-state index is 0.442. The lowest BCUT2D eigenvalue weighted by Crippen LogP contribution is -2.38. The molecule has 0 saturated carbocycles. The number of carbonyl (C=O) groups is 2. The zero-order valence-electron chi connectivity index (χ0n) is 11.2. The average Bonchev–Trinajstić information content (AvgIpc) is 2.13. The van der Waals surface area contributed by atoms with Crippen LogP contribution in [0.2, 0.25) is 0 Å². The molecule has 0 radical (unpaired) electrons. The largest absolute Gasteiger partial charge is 0.481 e. The molecule has 0 aliphatic heterocycles. The molecule has 0 fully saturated rings. The number of aliphatic carboxylic acids is 2. The highest BCUT2D eigenvalue weighted by Gasteiger charge is 2.41. The lowest BCUT2D eigenvalue weighted by atomic mass is 9.71. The molecular weight excluding hydrogens is 220 g/mol. The number of unbranched alkanes of at least 4 members (excludes halogenated alkanes) is 2. The third kappa shape index (κ3) is 5.20. The first-order valence-electron chi connectivity index (χ1n) is 6.17. The highest BCUT2D eigenvalue weighted by molar-refractivity contribution is 5.80. The van der Waals surface area contributed by atoms with E-state index in [0.29, 0.717) is 6.42 Å². The number of carboxylic acid groups (broad SMARTS) is 2. The monoisotopic (exact) mass is 244 g/mol. The fraction of sp³-hybridized carbons (Fsp3) is 0.846. The fourth-order valence-corrected chi connectivity index (χ4v) is 2.19. The summed E-state index contributed by atoms with van der Waals surface area (Å²) in [5.41, 5.74) is -0.541. The van der Waals surface area contributed by atoms with Gasteiger partial charge < -0.3 is 10.2 Å². The van der Waals surface area contributed by atoms with Crippen LogP contribution in [0.5, 0.6) is 0 Å². The summed E-state index contributed by atoms with van der Waals surface area (Å²) in [5, 5.41) is 18.4. The predicted octanol–water partition coefficient (Wildman–Crippen LogP) is 3.01. The van der Waals surface area contributed by atoms with E-state index in [1.54, 1.807) is 20.8 Å². The molecule has 4 heteroatoms. The van der Waals surface area contributed by atoms with E-state index in [4.69, 9.17) is 0 Å². The molecule has 17 heavy (non-hydrogen) atoms. The molecule has 0 spiro atoms. The van der Waals surface area contributed by atoms with Crippen LogP contribution in [0.15, 0.2) is 0 Å². The molecule has 0 aromatic carbocycles. The second-order valence-electron chi connectivity index (χ2n) is 5.62. The first-order valence-corrected chi connectivity index (χ1v) is 6.17. The van der Waals surface area contributed by atoms with Gasteiger partial charge in [0.05, 0.1) is 11.8 Å². The molecule has 0 amide bonds. The number of rotatable bonds is 7. The maximum atomic E-state index is 11.3. The minimum Gasteiger partial charge on any atom is -0.481 e. The van der Waals surface area contributed by atoms with Gasteiger partial charge in [-0.1, -0.05) is 47.0 Å². The Labute approximate surface area is 103 Å². The van der Waals surface area contributed by atoms with Crippen molar-refractivity contribution >= 4 is 11.9 Å². The molecule has 0 aliphatic carbocycles. The van der Waals surface area contributed by atoms with Gasteiger partial charge in [0.15, 0.2) is 0 Å². The summed E-state index contributed by atoms with van der Waals surface area (Å²) < 4.78 is 0. The molecule has 2 atom stereocenters. The Kier molecular flexibility index (Phi) is 6.21. The number of hydrogen-bond donors (Lipinski definition) is 2. The van der Waals surface area contributed by atoms with Crippen molar-refractivity contribution in [2.75, 3.05) is 0 Å². The van der Waals surface area contributed by atoms with Crippen molar-refractivity contribution in [3.05, 3.63) is 0 Å². The summed E-state index contributed by atoms with van der Waals surface area (Å²) in [5.74, 6) is -3.64. The minimum atomic E-state index is -1.01. The Balaban J connectivity index is 4.86. The Morgan fingerprint density at radius 3 is 1.88 bits per heavy atom. The van der Waals surface area contributed by atoms with Crippen LogP contribution in [0.1, 0.15) is 53.4 Å². The van der Waals surface area contributed by atoms with Crippen molar-refractivity contribution in [1.29, 1.82) is 0 Å². The quantitative estimate of drug-likeness (QED) is 0.675. The summed E-state index contributed by atoms with van der Waals surface area (Å²) >= 11 is 0. The van der Waals surface area contributed by atoms with Crippen LogP contribution < -0.4 is 0 Å². The Morgan fingerprint density at radius 1 is 1.06 bits per heavy atom. The third-order valence-corrected chi connectivity index (χ3v) is 3.04. The molecule has 0 aromatic rings. The zero-order chi connectivity index (χ0) is 13.6. The van der Waals surface area contributed by atoms with E-state index in [0.717, 1.165) is 19.3 Å². The molecule has 100 valence electrons. The van der Waals surface area contributed by atoms with Crippen LogP contribution >= 0.6 is 0 Å². The average molecular weight is 244 g/mol. The first kappa shape index (κ1) is 15.9. The van der Waals surface area contributed by atoms with E-state index in [9.17, 15) is 19.8 Å². The van der Waals surface area contributed by atoms with Crippen molar-refractivity contribution in [2.45, 2.75) is 53.4 Å². The summed E-state index contributed by atoms with van der Waals surface area (Å²) in [7, 11) is 0. The fourth-order valence-electron chi connectivity index (χ4n) is 2.19. The number of carboxylic acids is 2. The van der Waals surface area contributed by atoms with Gasteiger partial charge in [0, 0.05) is 0 Å². The van der Waals surface area contributed by atoms with E-state index in [-0.39, 0.29) is 0 Å². The van der Waals surface area contributed by atoms with E-state index in [2.05, 4.69) is 0 Å². The first-order chi connectivity index (χ1) is 7.71. The van der Waals surface area contributed by atoms with Crippen LogP contribution in [-0.4, -0.2) is 22.2 Å². The third-order valence-electron chi connectivity index (χ3n) is 3.04. The molecule has 1 unspecified atom stereocenters. The van der Waals surface area contributed by atoms with Gasteiger partial charge in [0.2, 0.25) is 0 Å². The predicted molar refractivity (Wildman–Crippen MR) is 65.8 cm³/mol. The Hall–Kier alpha value is -1.06. The SMILES string of the molecule is CCCCC[C@@H](C(=O)O)C(C(=O)O)C(C)(C)C. The molecular formula is C13H24O4. The van der Waals surface area contributed by atoms with Crippen LogP contribution in [0.25, 0.3) is 0 Å². The zero-order valence-corrected chi connectivity index (χ0v) is 11.2. The second-order valence-corrected chi connectivity index (χ2v) is 5.62. The van der Waals surface area contributed by atoms with Gasteiger partial charge in [-0.3, -0.25) is 9.59 Å². The summed E-state index contributed by atoms with van der Waals surface area (Å²) in [6.45, 7) is 7.37. The van der Waals surface area contributed by atoms with Gasteiger partial charge >= 0.3 is 11.9 Å². The van der Waals surface area contributed by atoms with Crippen molar-refractivity contribution in [3.8, 4) is 0 Å². The second kappa shape index (κ2) is 6.62. The maximum Gasteiger partial charge on any atom is 0.307 e. The van der Waals surface area contributed by atoms with E-state index < -0.39 is 29.2 Å². The highest BCUT2D eigenvalue weighted by Crippen LogP contribution is 2.35. The molecule has 0 saturated heterocycles. The maximum absolute atomic E-state index is 11.3. The van der Waals surface area contributed by atoms with Gasteiger partial charge in [-0.2, -0.15) is 0 Å². The molecule has 0 heterocycles. The van der Waals surface area contributed by atoms with Crippen molar-refractivity contribution < 1.29 is 19.8 Å². The highest BCUT2D eigenvalue weighted by atomic mass is 16.4.